The zero-order valence-electron chi connectivity index (χ0n) is 11.3. The zero-order chi connectivity index (χ0) is 14.2. The molecule has 8 heteroatoms. The van der Waals surface area contributed by atoms with Gasteiger partial charge in [0.25, 0.3) is 11.9 Å². The normalized spacial score (nSPS) is 29.7. The van der Waals surface area contributed by atoms with E-state index in [9.17, 15) is 4.79 Å². The van der Waals surface area contributed by atoms with Gasteiger partial charge in [-0.3, -0.25) is 15.8 Å². The third-order valence-corrected chi connectivity index (χ3v) is 3.69. The van der Waals surface area contributed by atoms with Crippen LogP contribution in [-0.4, -0.2) is 53.0 Å². The summed E-state index contributed by atoms with van der Waals surface area (Å²) in [7, 11) is 2.05. The molecule has 8 nitrogen and oxygen atoms in total. The number of carbonyl (C=O) groups excluding carboxylic acids is 1. The first kappa shape index (κ1) is 13.2. The lowest BCUT2D eigenvalue weighted by Gasteiger charge is -2.36. The van der Waals surface area contributed by atoms with Crippen LogP contribution in [0.5, 0.6) is 0 Å². The number of nitrogens with two attached hydrogens (primary N) is 1. The van der Waals surface area contributed by atoms with E-state index in [1.165, 1.54) is 12.4 Å². The molecule has 0 bridgehead atoms. The van der Waals surface area contributed by atoms with E-state index in [1.54, 1.807) is 0 Å². The molecule has 2 aliphatic rings. The maximum Gasteiger partial charge on any atom is 0.281 e. The first-order valence-corrected chi connectivity index (χ1v) is 6.62. The Balaban J connectivity index is 1.69. The highest BCUT2D eigenvalue weighted by molar-refractivity contribution is 5.98. The Morgan fingerprint density at radius 1 is 1.50 bits per heavy atom. The molecule has 3 heterocycles. The minimum Gasteiger partial charge on any atom is -0.324 e. The SMILES string of the molecule is CN1CCC[C@H]1COC1(N)NC(=O)c2nccnc2N1. The molecule has 3 rings (SSSR count). The molecule has 0 spiro atoms. The smallest absolute Gasteiger partial charge is 0.281 e. The molecule has 108 valence electrons. The third-order valence-electron chi connectivity index (χ3n) is 3.69. The van der Waals surface area contributed by atoms with Crippen LogP contribution in [0.3, 0.4) is 0 Å². The highest BCUT2D eigenvalue weighted by Gasteiger charge is 2.37. The summed E-state index contributed by atoms with van der Waals surface area (Å²) in [4.78, 5) is 22.2. The van der Waals surface area contributed by atoms with E-state index in [1.807, 2.05) is 0 Å². The number of amides is 1. The van der Waals surface area contributed by atoms with Crippen LogP contribution in [0.25, 0.3) is 0 Å². The Labute approximate surface area is 116 Å². The first-order chi connectivity index (χ1) is 9.57. The zero-order valence-corrected chi connectivity index (χ0v) is 11.3. The first-order valence-electron chi connectivity index (χ1n) is 6.62. The van der Waals surface area contributed by atoms with E-state index in [2.05, 4.69) is 32.5 Å². The van der Waals surface area contributed by atoms with Crippen molar-refractivity contribution in [2.24, 2.45) is 5.73 Å². The summed E-state index contributed by atoms with van der Waals surface area (Å²) in [6.45, 7) is 1.50. The topological polar surface area (TPSA) is 105 Å². The van der Waals surface area contributed by atoms with E-state index in [0.29, 0.717) is 18.5 Å². The van der Waals surface area contributed by atoms with Gasteiger partial charge >= 0.3 is 0 Å². The monoisotopic (exact) mass is 278 g/mol. The summed E-state index contributed by atoms with van der Waals surface area (Å²) in [5, 5.41) is 5.45. The van der Waals surface area contributed by atoms with E-state index >= 15 is 0 Å². The van der Waals surface area contributed by atoms with Gasteiger partial charge in [0, 0.05) is 18.4 Å². The molecule has 2 atom stereocenters. The van der Waals surface area contributed by atoms with Crippen molar-refractivity contribution >= 4 is 11.7 Å². The Hall–Kier alpha value is -1.77. The number of hydrogen-bond acceptors (Lipinski definition) is 7. The van der Waals surface area contributed by atoms with E-state index in [-0.39, 0.29) is 5.69 Å². The number of nitrogens with one attached hydrogen (secondary N) is 2. The molecule has 1 aromatic heterocycles. The van der Waals surface area contributed by atoms with Gasteiger partial charge in [-0.2, -0.15) is 0 Å². The second-order valence-electron chi connectivity index (χ2n) is 5.16. The minimum absolute atomic E-state index is 0.218. The third kappa shape index (κ3) is 2.45. The van der Waals surface area contributed by atoms with Gasteiger partial charge in [0.15, 0.2) is 11.5 Å². The predicted molar refractivity (Wildman–Crippen MR) is 71.6 cm³/mol. The maximum atomic E-state index is 11.9. The molecule has 1 amide bonds. The van der Waals surface area contributed by atoms with Crippen LogP contribution >= 0.6 is 0 Å². The fourth-order valence-electron chi connectivity index (χ4n) is 2.52. The van der Waals surface area contributed by atoms with Crippen molar-refractivity contribution < 1.29 is 9.53 Å². The summed E-state index contributed by atoms with van der Waals surface area (Å²) in [6.07, 6.45) is 5.17. The van der Waals surface area contributed by atoms with Crippen LogP contribution in [0, 0.1) is 0 Å². The average Bonchev–Trinajstić information content (AvgIpc) is 2.82. The molecule has 1 saturated heterocycles. The number of nitrogens with zero attached hydrogens (tertiary/aromatic N) is 3. The minimum atomic E-state index is -1.44. The molecule has 1 fully saturated rings. The highest BCUT2D eigenvalue weighted by atomic mass is 16.5. The highest BCUT2D eigenvalue weighted by Crippen LogP contribution is 2.20. The number of ether oxygens (including phenoxy) is 1. The van der Waals surface area contributed by atoms with Gasteiger partial charge in [0.1, 0.15) is 0 Å². The predicted octanol–water partition coefficient (Wildman–Crippen LogP) is -0.687. The van der Waals surface area contributed by atoms with Crippen molar-refractivity contribution in [2.75, 3.05) is 25.5 Å². The summed E-state index contributed by atoms with van der Waals surface area (Å²) in [6, 6.07) is 0.317. The number of likely N-dealkylation sites (N-methyl/N-ethyl adjacent to an activating group) is 1. The van der Waals surface area contributed by atoms with Gasteiger partial charge in [-0.05, 0) is 26.4 Å². The molecule has 0 aliphatic carbocycles. The Bertz CT molecular complexity index is 524. The molecule has 1 unspecified atom stereocenters. The van der Waals surface area contributed by atoms with Gasteiger partial charge in [0.2, 0.25) is 0 Å². The number of rotatable bonds is 3. The average molecular weight is 278 g/mol. The van der Waals surface area contributed by atoms with Crippen LogP contribution in [-0.2, 0) is 4.74 Å². The van der Waals surface area contributed by atoms with Gasteiger partial charge in [-0.25, -0.2) is 9.97 Å². The standard InChI is InChI=1S/C12H18N6O2/c1-18-6-2-3-8(18)7-20-12(13)16-10-9(11(19)17-12)14-4-5-15-10/h4-5,8H,2-3,6-7,13H2,1H3,(H,15,16)(H,17,19)/t8-,12?/m0/s1. The van der Waals surface area contributed by atoms with Gasteiger partial charge in [-0.15, -0.1) is 0 Å². The number of fused-ring (bicyclic) bond motifs is 1. The molecule has 0 saturated carbocycles. The van der Waals surface area contributed by atoms with Crippen LogP contribution in [0.15, 0.2) is 12.4 Å². The largest absolute Gasteiger partial charge is 0.324 e. The van der Waals surface area contributed by atoms with Crippen LogP contribution in [0.4, 0.5) is 5.82 Å². The van der Waals surface area contributed by atoms with Crippen LogP contribution in [0.1, 0.15) is 23.3 Å². The van der Waals surface area contributed by atoms with E-state index in [0.717, 1.165) is 19.4 Å². The number of aromatic nitrogens is 2. The van der Waals surface area contributed by atoms with Crippen molar-refractivity contribution in [3.05, 3.63) is 18.1 Å². The van der Waals surface area contributed by atoms with Gasteiger partial charge in [-0.1, -0.05) is 0 Å². The quantitative estimate of drug-likeness (QED) is 0.629. The molecule has 4 N–H and O–H groups in total. The lowest BCUT2D eigenvalue weighted by Crippen LogP contribution is -2.66. The molecule has 1 aromatic rings. The lowest BCUT2D eigenvalue weighted by molar-refractivity contribution is -0.0581. The summed E-state index contributed by atoms with van der Waals surface area (Å²) < 4.78 is 5.68. The molecular weight excluding hydrogens is 260 g/mol. The Morgan fingerprint density at radius 3 is 3.05 bits per heavy atom. The van der Waals surface area contributed by atoms with Crippen molar-refractivity contribution in [1.29, 1.82) is 0 Å². The number of anilines is 1. The van der Waals surface area contributed by atoms with E-state index < -0.39 is 11.9 Å². The number of carbonyl (C=O) groups is 1. The van der Waals surface area contributed by atoms with Gasteiger partial charge in [0.05, 0.1) is 6.61 Å². The van der Waals surface area contributed by atoms with Crippen molar-refractivity contribution in [2.45, 2.75) is 24.9 Å². The van der Waals surface area contributed by atoms with Gasteiger partial charge < -0.3 is 15.0 Å². The summed E-state index contributed by atoms with van der Waals surface area (Å²) in [5.41, 5.74) is 6.25. The second kappa shape index (κ2) is 4.97. The second-order valence-corrected chi connectivity index (χ2v) is 5.16. The van der Waals surface area contributed by atoms with Crippen molar-refractivity contribution in [3.8, 4) is 0 Å². The molecule has 2 aliphatic heterocycles. The summed E-state index contributed by atoms with van der Waals surface area (Å²) in [5.74, 6) is -1.50. The molecule has 0 radical (unpaired) electrons. The Kier molecular flexibility index (Phi) is 3.28. The maximum absolute atomic E-state index is 11.9. The van der Waals surface area contributed by atoms with Crippen LogP contribution < -0.4 is 16.4 Å². The molecule has 20 heavy (non-hydrogen) atoms. The summed E-state index contributed by atoms with van der Waals surface area (Å²) >= 11 is 0. The van der Waals surface area contributed by atoms with Crippen molar-refractivity contribution in [3.63, 3.8) is 0 Å². The van der Waals surface area contributed by atoms with Crippen LogP contribution in [0.2, 0.25) is 0 Å². The van der Waals surface area contributed by atoms with Crippen molar-refractivity contribution in [1.82, 2.24) is 20.2 Å². The fraction of sp³-hybridized carbons (Fsp3) is 0.583. The Morgan fingerprint density at radius 2 is 2.30 bits per heavy atom. The fourth-order valence-corrected chi connectivity index (χ4v) is 2.52. The molecular formula is C12H18N6O2. The molecule has 0 aromatic carbocycles. The lowest BCUT2D eigenvalue weighted by atomic mass is 10.2. The number of likely N-dealkylation sites (tertiary alicyclic amines) is 1. The number of hydrogen-bond donors (Lipinski definition) is 3. The van der Waals surface area contributed by atoms with E-state index in [4.69, 9.17) is 10.5 Å².